The fraction of sp³-hybridized carbons (Fsp3) is 0.0125. The molecule has 2 aliphatic carbocycles. The summed E-state index contributed by atoms with van der Waals surface area (Å²) in [5.74, 6) is 1.56. The molecule has 0 unspecified atom stereocenters. The lowest BCUT2D eigenvalue weighted by atomic mass is 9.70. The van der Waals surface area contributed by atoms with E-state index in [2.05, 4.69) is 265 Å². The number of rotatable bonds is 9. The van der Waals surface area contributed by atoms with Gasteiger partial charge in [0.05, 0.1) is 22.1 Å². The van der Waals surface area contributed by atoms with E-state index in [4.69, 9.17) is 24.9 Å². The van der Waals surface area contributed by atoms with Crippen LogP contribution in [0.5, 0.6) is 0 Å². The van der Waals surface area contributed by atoms with Crippen LogP contribution in [0, 0.1) is 0 Å². The Bertz CT molecular complexity index is 5050. The third-order valence-corrected chi connectivity index (χ3v) is 17.6. The summed E-state index contributed by atoms with van der Waals surface area (Å²) < 4.78 is 2.48. The number of aromatic nitrogens is 6. The molecule has 0 fully saturated rings. The maximum atomic E-state index is 5.33. The van der Waals surface area contributed by atoms with Crippen LogP contribution in [0.4, 0.5) is 0 Å². The SMILES string of the molecule is c1ccc(-c2cc(-c3ccccc3)cc(-c3ncnc(-c4cc(-c5ccccc5)nc(-c5cccc(-c6cccc7c6c6cc(-c8ccccc8)ccc6n7-c6ccc7c(c6)C6(c8ccccc8-c8ccccc86)c6ccccc6-7)c5)n4)n3)c2)cc1. The Morgan fingerprint density at radius 1 is 0.256 bits per heavy atom. The summed E-state index contributed by atoms with van der Waals surface area (Å²) in [6, 6.07) is 107. The molecule has 3 heterocycles. The van der Waals surface area contributed by atoms with Crippen LogP contribution in [0.25, 0.3) is 140 Å². The number of fused-ring (bicyclic) bond motifs is 13. The van der Waals surface area contributed by atoms with Crippen molar-refractivity contribution in [2.45, 2.75) is 5.41 Å². The monoisotopic (exact) mass is 1090 g/mol. The summed E-state index contributed by atoms with van der Waals surface area (Å²) in [6.45, 7) is 0. The third kappa shape index (κ3) is 7.84. The van der Waals surface area contributed by atoms with Gasteiger partial charge in [-0.05, 0) is 150 Å². The summed E-state index contributed by atoms with van der Waals surface area (Å²) in [5.41, 5.74) is 26.2. The van der Waals surface area contributed by atoms with Crippen LogP contribution < -0.4 is 0 Å². The van der Waals surface area contributed by atoms with E-state index in [0.29, 0.717) is 23.2 Å². The van der Waals surface area contributed by atoms with E-state index >= 15 is 0 Å². The van der Waals surface area contributed by atoms with Gasteiger partial charge in [-0.3, -0.25) is 0 Å². The van der Waals surface area contributed by atoms with Crippen molar-refractivity contribution in [1.29, 1.82) is 0 Å². The minimum Gasteiger partial charge on any atom is -0.309 e. The molecule has 0 N–H and O–H groups in total. The van der Waals surface area contributed by atoms with Crippen LogP contribution in [0.2, 0.25) is 0 Å². The third-order valence-electron chi connectivity index (χ3n) is 17.6. The van der Waals surface area contributed by atoms with E-state index in [1.165, 1.54) is 50.1 Å². The van der Waals surface area contributed by atoms with Gasteiger partial charge in [-0.2, -0.15) is 0 Å². The maximum Gasteiger partial charge on any atom is 0.181 e. The van der Waals surface area contributed by atoms with Crippen LogP contribution in [0.1, 0.15) is 22.3 Å². The first-order chi connectivity index (χ1) is 42.6. The van der Waals surface area contributed by atoms with E-state index in [9.17, 15) is 0 Å². The van der Waals surface area contributed by atoms with Gasteiger partial charge in [-0.1, -0.05) is 237 Å². The van der Waals surface area contributed by atoms with Crippen LogP contribution in [-0.4, -0.2) is 29.5 Å². The predicted molar refractivity (Wildman–Crippen MR) is 350 cm³/mol. The smallest absolute Gasteiger partial charge is 0.181 e. The molecule has 15 aromatic rings. The Hall–Kier alpha value is -11.5. The number of nitrogens with zero attached hydrogens (tertiary/aromatic N) is 6. The molecule has 3 aromatic heterocycles. The van der Waals surface area contributed by atoms with Gasteiger partial charge in [0, 0.05) is 33.2 Å². The Morgan fingerprint density at radius 2 is 0.744 bits per heavy atom. The highest BCUT2D eigenvalue weighted by Gasteiger charge is 2.51. The zero-order valence-electron chi connectivity index (χ0n) is 46.6. The molecule has 0 aliphatic heterocycles. The Balaban J connectivity index is 0.828. The summed E-state index contributed by atoms with van der Waals surface area (Å²) in [4.78, 5) is 25.4. The Kier molecular flexibility index (Phi) is 11.4. The molecule has 0 bridgehead atoms. The predicted octanol–water partition coefficient (Wildman–Crippen LogP) is 19.4. The second-order valence-electron chi connectivity index (χ2n) is 22.3. The average molecular weight is 1100 g/mol. The molecule has 6 heteroatoms. The molecule has 6 nitrogen and oxygen atoms in total. The van der Waals surface area contributed by atoms with Crippen LogP contribution >= 0.6 is 0 Å². The highest BCUT2D eigenvalue weighted by Crippen LogP contribution is 2.63. The first kappa shape index (κ1) is 49.2. The molecule has 0 saturated heterocycles. The molecule has 17 rings (SSSR count). The van der Waals surface area contributed by atoms with Crippen molar-refractivity contribution in [3.8, 4) is 118 Å². The molecule has 86 heavy (non-hydrogen) atoms. The Morgan fingerprint density at radius 3 is 1.38 bits per heavy atom. The van der Waals surface area contributed by atoms with Gasteiger partial charge in [0.15, 0.2) is 17.5 Å². The van der Waals surface area contributed by atoms with E-state index in [-0.39, 0.29) is 0 Å². The van der Waals surface area contributed by atoms with E-state index < -0.39 is 5.41 Å². The second kappa shape index (κ2) is 19.9. The minimum atomic E-state index is -0.480. The lowest BCUT2D eigenvalue weighted by molar-refractivity contribution is 0.792. The van der Waals surface area contributed by atoms with Crippen LogP contribution in [0.15, 0.2) is 304 Å². The number of hydrogen-bond acceptors (Lipinski definition) is 5. The average Bonchev–Trinajstić information content (AvgIpc) is 1.54. The summed E-state index contributed by atoms with van der Waals surface area (Å²) >= 11 is 0. The largest absolute Gasteiger partial charge is 0.309 e. The molecule has 0 amide bonds. The van der Waals surface area contributed by atoms with Gasteiger partial charge < -0.3 is 4.57 Å². The van der Waals surface area contributed by atoms with Gasteiger partial charge in [-0.15, -0.1) is 0 Å². The van der Waals surface area contributed by atoms with Gasteiger partial charge in [0.2, 0.25) is 0 Å². The molecule has 2 aliphatic rings. The van der Waals surface area contributed by atoms with Gasteiger partial charge in [0.25, 0.3) is 0 Å². The van der Waals surface area contributed by atoms with Crippen molar-refractivity contribution in [3.63, 3.8) is 0 Å². The minimum absolute atomic E-state index is 0.452. The molecule has 0 saturated carbocycles. The standard InChI is InChI=1S/C80H50N6/c1-5-21-51(22-6-1)55-39-42-74-67(47-55)76-62(34-20-38-75(76)86(74)61-40-41-66-65-33-15-18-37-70(65)80(71(66)48-61)68-35-16-13-31-63(68)64-32-14-17-36-69(64)80)56-29-19-30-57(43-56)78-83-72(54-27-11-4-12-28-54)49-73(84-78)79-82-50-81-77(85-79)60-45-58(52-23-7-2-8-24-52)44-59(46-60)53-25-9-3-10-26-53/h1-50H. The van der Waals surface area contributed by atoms with E-state index in [1.54, 1.807) is 6.33 Å². The normalized spacial score (nSPS) is 12.5. The Labute approximate surface area is 497 Å². The van der Waals surface area contributed by atoms with Crippen molar-refractivity contribution in [2.24, 2.45) is 0 Å². The second-order valence-corrected chi connectivity index (χ2v) is 22.3. The lowest BCUT2D eigenvalue weighted by Gasteiger charge is -2.30. The molecular formula is C80H50N6. The summed E-state index contributed by atoms with van der Waals surface area (Å²) in [7, 11) is 0. The van der Waals surface area contributed by atoms with Gasteiger partial charge in [-0.25, -0.2) is 24.9 Å². The molecule has 0 radical (unpaired) electrons. The fourth-order valence-electron chi connectivity index (χ4n) is 13.8. The zero-order chi connectivity index (χ0) is 56.7. The highest BCUT2D eigenvalue weighted by molar-refractivity contribution is 6.17. The topological polar surface area (TPSA) is 69.4 Å². The number of benzene rings is 12. The first-order valence-electron chi connectivity index (χ1n) is 29.2. The summed E-state index contributed by atoms with van der Waals surface area (Å²) in [6.07, 6.45) is 1.59. The van der Waals surface area contributed by atoms with E-state index in [0.717, 1.165) is 88.8 Å². The van der Waals surface area contributed by atoms with Crippen molar-refractivity contribution in [2.75, 3.05) is 0 Å². The highest BCUT2D eigenvalue weighted by atomic mass is 15.0. The van der Waals surface area contributed by atoms with Crippen molar-refractivity contribution >= 4 is 21.8 Å². The van der Waals surface area contributed by atoms with Crippen molar-refractivity contribution < 1.29 is 0 Å². The molecule has 400 valence electrons. The van der Waals surface area contributed by atoms with E-state index in [1.807, 2.05) is 36.4 Å². The molecular weight excluding hydrogens is 1040 g/mol. The molecule has 0 atom stereocenters. The van der Waals surface area contributed by atoms with Crippen LogP contribution in [0.3, 0.4) is 0 Å². The first-order valence-corrected chi connectivity index (χ1v) is 29.2. The zero-order valence-corrected chi connectivity index (χ0v) is 46.6. The quantitative estimate of drug-likeness (QED) is 0.144. The van der Waals surface area contributed by atoms with Crippen molar-refractivity contribution in [1.82, 2.24) is 29.5 Å². The summed E-state index contributed by atoms with van der Waals surface area (Å²) in [5, 5.41) is 2.33. The lowest BCUT2D eigenvalue weighted by Crippen LogP contribution is -2.26. The van der Waals surface area contributed by atoms with Crippen molar-refractivity contribution in [3.05, 3.63) is 326 Å². The van der Waals surface area contributed by atoms with Gasteiger partial charge >= 0.3 is 0 Å². The number of hydrogen-bond donors (Lipinski definition) is 0. The molecule has 12 aromatic carbocycles. The van der Waals surface area contributed by atoms with Gasteiger partial charge in [0.1, 0.15) is 12.0 Å². The van der Waals surface area contributed by atoms with Crippen LogP contribution in [-0.2, 0) is 5.41 Å². The fourth-order valence-corrected chi connectivity index (χ4v) is 13.8. The molecule has 1 spiro atoms. The maximum absolute atomic E-state index is 5.33.